The third-order valence-electron chi connectivity index (χ3n) is 5.48. The van der Waals surface area contributed by atoms with Crippen LogP contribution in [0.1, 0.15) is 24.5 Å². The van der Waals surface area contributed by atoms with Gasteiger partial charge in [0.2, 0.25) is 5.91 Å². The van der Waals surface area contributed by atoms with Gasteiger partial charge in [0, 0.05) is 24.0 Å². The Bertz CT molecular complexity index is 1090. The topological polar surface area (TPSA) is 67.9 Å². The maximum atomic E-state index is 13.5. The molecule has 6 nitrogen and oxygen atoms in total. The summed E-state index contributed by atoms with van der Waals surface area (Å²) in [4.78, 5) is 28.4. The molecule has 0 fully saturated rings. The molecule has 0 spiro atoms. The summed E-state index contributed by atoms with van der Waals surface area (Å²) in [5, 5.41) is 2.97. The van der Waals surface area contributed by atoms with Crippen LogP contribution in [-0.2, 0) is 22.6 Å². The van der Waals surface area contributed by atoms with E-state index in [1.54, 1.807) is 24.1 Å². The van der Waals surface area contributed by atoms with Gasteiger partial charge in [0.25, 0.3) is 5.91 Å². The molecule has 3 rings (SSSR count). The lowest BCUT2D eigenvalue weighted by atomic mass is 10.0. The zero-order valence-electron chi connectivity index (χ0n) is 20.1. The number of methoxy groups -OCH3 is 1. The third-order valence-corrected chi connectivity index (χ3v) is 6.01. The standard InChI is InChI=1S/C28H31BrN2O4/c1-3-16-30-28(33)26(18-21-8-5-4-6-9-21)31(19-22-10-7-11-25(17-22)34-2)27(32)20-35-24-14-12-23(29)13-15-24/h4-15,17,26H,3,16,18-20H2,1-2H3,(H,30,33). The largest absolute Gasteiger partial charge is 0.497 e. The number of amides is 2. The molecule has 0 saturated heterocycles. The van der Waals surface area contributed by atoms with E-state index in [2.05, 4.69) is 21.2 Å². The van der Waals surface area contributed by atoms with Crippen LogP contribution in [0.15, 0.2) is 83.3 Å². The number of halogens is 1. The molecule has 0 aliphatic carbocycles. The number of carbonyl (C=O) groups is 2. The summed E-state index contributed by atoms with van der Waals surface area (Å²) in [6.07, 6.45) is 1.20. The van der Waals surface area contributed by atoms with Crippen molar-refractivity contribution in [2.45, 2.75) is 32.4 Å². The first-order valence-electron chi connectivity index (χ1n) is 11.6. The zero-order chi connectivity index (χ0) is 25.0. The van der Waals surface area contributed by atoms with Crippen molar-refractivity contribution in [1.82, 2.24) is 10.2 Å². The molecule has 3 aromatic rings. The molecular formula is C28H31BrN2O4. The second-order valence-electron chi connectivity index (χ2n) is 8.11. The van der Waals surface area contributed by atoms with E-state index in [1.165, 1.54) is 0 Å². The Morgan fingerprint density at radius 1 is 0.943 bits per heavy atom. The second-order valence-corrected chi connectivity index (χ2v) is 9.03. The van der Waals surface area contributed by atoms with E-state index < -0.39 is 6.04 Å². The Labute approximate surface area is 215 Å². The fourth-order valence-corrected chi connectivity index (χ4v) is 3.91. The maximum Gasteiger partial charge on any atom is 0.261 e. The minimum atomic E-state index is -0.698. The molecule has 0 radical (unpaired) electrons. The van der Waals surface area contributed by atoms with Crippen molar-refractivity contribution in [2.24, 2.45) is 0 Å². The summed E-state index contributed by atoms with van der Waals surface area (Å²) in [6, 6.07) is 23.8. The molecule has 1 unspecified atom stereocenters. The second kappa shape index (κ2) is 13.5. The first kappa shape index (κ1) is 26.3. The van der Waals surface area contributed by atoms with Crippen LogP contribution in [0, 0.1) is 0 Å². The Kier molecular flexibility index (Phi) is 10.2. The molecular weight excluding hydrogens is 508 g/mol. The fourth-order valence-electron chi connectivity index (χ4n) is 3.65. The third kappa shape index (κ3) is 8.14. The highest BCUT2D eigenvalue weighted by Crippen LogP contribution is 2.20. The summed E-state index contributed by atoms with van der Waals surface area (Å²) in [5.41, 5.74) is 1.84. The van der Waals surface area contributed by atoms with Gasteiger partial charge in [0.05, 0.1) is 7.11 Å². The van der Waals surface area contributed by atoms with E-state index in [1.807, 2.05) is 73.7 Å². The summed E-state index contributed by atoms with van der Waals surface area (Å²) in [5.74, 6) is 0.813. The zero-order valence-corrected chi connectivity index (χ0v) is 21.7. The van der Waals surface area contributed by atoms with E-state index >= 15 is 0 Å². The van der Waals surface area contributed by atoms with Crippen molar-refractivity contribution in [3.63, 3.8) is 0 Å². The number of benzene rings is 3. The average molecular weight is 539 g/mol. The average Bonchev–Trinajstić information content (AvgIpc) is 2.89. The molecule has 0 aliphatic rings. The van der Waals surface area contributed by atoms with Gasteiger partial charge in [-0.15, -0.1) is 0 Å². The molecule has 35 heavy (non-hydrogen) atoms. The Balaban J connectivity index is 1.89. The Morgan fingerprint density at radius 2 is 1.66 bits per heavy atom. The molecule has 0 aromatic heterocycles. The van der Waals surface area contributed by atoms with Crippen molar-refractivity contribution in [1.29, 1.82) is 0 Å². The minimum Gasteiger partial charge on any atom is -0.497 e. The van der Waals surface area contributed by atoms with Crippen molar-refractivity contribution in [3.05, 3.63) is 94.5 Å². The van der Waals surface area contributed by atoms with Gasteiger partial charge in [-0.25, -0.2) is 0 Å². The van der Waals surface area contributed by atoms with Gasteiger partial charge in [-0.3, -0.25) is 9.59 Å². The highest BCUT2D eigenvalue weighted by atomic mass is 79.9. The van der Waals surface area contributed by atoms with Crippen molar-refractivity contribution < 1.29 is 19.1 Å². The van der Waals surface area contributed by atoms with Crippen LogP contribution in [0.2, 0.25) is 0 Å². The molecule has 0 bridgehead atoms. The monoisotopic (exact) mass is 538 g/mol. The smallest absolute Gasteiger partial charge is 0.261 e. The van der Waals surface area contributed by atoms with Crippen molar-refractivity contribution >= 4 is 27.7 Å². The molecule has 2 amide bonds. The fraction of sp³-hybridized carbons (Fsp3) is 0.286. The molecule has 0 saturated carbocycles. The molecule has 7 heteroatoms. The Morgan fingerprint density at radius 3 is 2.34 bits per heavy atom. The molecule has 0 heterocycles. The lowest BCUT2D eigenvalue weighted by Crippen LogP contribution is -2.51. The quantitative estimate of drug-likeness (QED) is 0.352. The van der Waals surface area contributed by atoms with Gasteiger partial charge in [-0.1, -0.05) is 65.3 Å². The van der Waals surface area contributed by atoms with Crippen LogP contribution in [0.5, 0.6) is 11.5 Å². The van der Waals surface area contributed by atoms with E-state index in [4.69, 9.17) is 9.47 Å². The van der Waals surface area contributed by atoms with Gasteiger partial charge in [0.15, 0.2) is 6.61 Å². The summed E-state index contributed by atoms with van der Waals surface area (Å²) in [7, 11) is 1.60. The maximum absolute atomic E-state index is 13.5. The summed E-state index contributed by atoms with van der Waals surface area (Å²) < 4.78 is 12.1. The molecule has 184 valence electrons. The highest BCUT2D eigenvalue weighted by molar-refractivity contribution is 9.10. The first-order valence-corrected chi connectivity index (χ1v) is 12.4. The van der Waals surface area contributed by atoms with E-state index in [0.29, 0.717) is 24.5 Å². The Hall–Kier alpha value is -3.32. The summed E-state index contributed by atoms with van der Waals surface area (Å²) >= 11 is 3.40. The number of hydrogen-bond donors (Lipinski definition) is 1. The van der Waals surface area contributed by atoms with Crippen LogP contribution in [0.3, 0.4) is 0 Å². The molecule has 1 N–H and O–H groups in total. The number of carbonyl (C=O) groups excluding carboxylic acids is 2. The number of nitrogens with zero attached hydrogens (tertiary/aromatic N) is 1. The predicted molar refractivity (Wildman–Crippen MR) is 140 cm³/mol. The first-order chi connectivity index (χ1) is 17.0. The van der Waals surface area contributed by atoms with Gasteiger partial charge in [-0.05, 0) is 53.9 Å². The highest BCUT2D eigenvalue weighted by Gasteiger charge is 2.30. The number of ether oxygens (including phenoxy) is 2. The van der Waals surface area contributed by atoms with E-state index in [-0.39, 0.29) is 25.0 Å². The number of rotatable bonds is 12. The van der Waals surface area contributed by atoms with Gasteiger partial charge >= 0.3 is 0 Å². The van der Waals surface area contributed by atoms with Crippen LogP contribution in [0.4, 0.5) is 0 Å². The van der Waals surface area contributed by atoms with Crippen LogP contribution >= 0.6 is 15.9 Å². The van der Waals surface area contributed by atoms with E-state index in [9.17, 15) is 9.59 Å². The van der Waals surface area contributed by atoms with Crippen LogP contribution in [-0.4, -0.2) is 43.0 Å². The molecule has 3 aromatic carbocycles. The van der Waals surface area contributed by atoms with Crippen LogP contribution in [0.25, 0.3) is 0 Å². The molecule has 1 atom stereocenters. The predicted octanol–water partition coefficient (Wildman–Crippen LogP) is 5.00. The van der Waals surface area contributed by atoms with Crippen LogP contribution < -0.4 is 14.8 Å². The van der Waals surface area contributed by atoms with Crippen molar-refractivity contribution in [2.75, 3.05) is 20.3 Å². The number of nitrogens with one attached hydrogen (secondary N) is 1. The lowest BCUT2D eigenvalue weighted by Gasteiger charge is -2.31. The van der Waals surface area contributed by atoms with Gasteiger partial charge in [-0.2, -0.15) is 0 Å². The molecule has 0 aliphatic heterocycles. The number of hydrogen-bond acceptors (Lipinski definition) is 4. The minimum absolute atomic E-state index is 0.183. The van der Waals surface area contributed by atoms with E-state index in [0.717, 1.165) is 22.0 Å². The van der Waals surface area contributed by atoms with Gasteiger partial charge in [0.1, 0.15) is 17.5 Å². The van der Waals surface area contributed by atoms with Crippen molar-refractivity contribution in [3.8, 4) is 11.5 Å². The summed E-state index contributed by atoms with van der Waals surface area (Å²) in [6.45, 7) is 2.60. The lowest BCUT2D eigenvalue weighted by molar-refractivity contribution is -0.142. The normalized spacial score (nSPS) is 11.4. The van der Waals surface area contributed by atoms with Gasteiger partial charge < -0.3 is 19.7 Å². The SMILES string of the molecule is CCCNC(=O)C(Cc1ccccc1)N(Cc1cccc(OC)c1)C(=O)COc1ccc(Br)cc1.